The molecule has 106 valence electrons. The van der Waals surface area contributed by atoms with E-state index in [0.29, 0.717) is 5.56 Å². The fourth-order valence-electron chi connectivity index (χ4n) is 2.21. The van der Waals surface area contributed by atoms with Crippen LogP contribution in [-0.2, 0) is 0 Å². The van der Waals surface area contributed by atoms with E-state index in [9.17, 15) is 8.78 Å². The quantitative estimate of drug-likeness (QED) is 0.857. The monoisotopic (exact) mass is 339 g/mol. The van der Waals surface area contributed by atoms with E-state index >= 15 is 0 Å². The molecule has 0 fully saturated rings. The number of benzene rings is 2. The lowest BCUT2D eigenvalue weighted by molar-refractivity contribution is 0.517. The summed E-state index contributed by atoms with van der Waals surface area (Å²) >= 11 is 3.45. The van der Waals surface area contributed by atoms with Gasteiger partial charge in [-0.3, -0.25) is 0 Å². The van der Waals surface area contributed by atoms with Crippen molar-refractivity contribution in [2.45, 2.75) is 19.9 Å². The van der Waals surface area contributed by atoms with Crippen LogP contribution in [0.15, 0.2) is 34.8 Å². The van der Waals surface area contributed by atoms with Gasteiger partial charge in [0.15, 0.2) is 0 Å². The maximum atomic E-state index is 14.3. The van der Waals surface area contributed by atoms with Gasteiger partial charge in [0, 0.05) is 10.0 Å². The molecule has 0 aliphatic heterocycles. The summed E-state index contributed by atoms with van der Waals surface area (Å²) in [4.78, 5) is 0. The number of hydrogen-bond donors (Lipinski definition) is 1. The van der Waals surface area contributed by atoms with Crippen molar-refractivity contribution < 1.29 is 8.78 Å². The molecule has 0 aromatic heterocycles. The van der Waals surface area contributed by atoms with Crippen molar-refractivity contribution in [3.05, 3.63) is 68.7 Å². The Labute approximate surface area is 126 Å². The van der Waals surface area contributed by atoms with Gasteiger partial charge in [0.25, 0.3) is 0 Å². The summed E-state index contributed by atoms with van der Waals surface area (Å²) in [5.41, 5.74) is 2.39. The molecule has 2 rings (SSSR count). The van der Waals surface area contributed by atoms with Crippen molar-refractivity contribution in [2.75, 3.05) is 7.05 Å². The Morgan fingerprint density at radius 3 is 2.30 bits per heavy atom. The highest BCUT2D eigenvalue weighted by Crippen LogP contribution is 2.30. The van der Waals surface area contributed by atoms with Gasteiger partial charge in [-0.2, -0.15) is 0 Å². The topological polar surface area (TPSA) is 12.0 Å². The number of aryl methyl sites for hydroxylation is 2. The zero-order valence-corrected chi connectivity index (χ0v) is 13.2. The molecular weight excluding hydrogens is 324 g/mol. The highest BCUT2D eigenvalue weighted by molar-refractivity contribution is 9.10. The van der Waals surface area contributed by atoms with Crippen LogP contribution in [0.2, 0.25) is 0 Å². The van der Waals surface area contributed by atoms with Crippen molar-refractivity contribution in [1.29, 1.82) is 0 Å². The number of halogens is 3. The van der Waals surface area contributed by atoms with E-state index in [4.69, 9.17) is 0 Å². The van der Waals surface area contributed by atoms with Crippen molar-refractivity contribution in [3.8, 4) is 0 Å². The minimum absolute atomic E-state index is 0.0586. The predicted molar refractivity (Wildman–Crippen MR) is 80.9 cm³/mol. The molecule has 2 aromatic rings. The Hall–Kier alpha value is -1.26. The Morgan fingerprint density at radius 1 is 1.05 bits per heavy atom. The predicted octanol–water partition coefficient (Wildman–Crippen LogP) is 4.65. The average molecular weight is 340 g/mol. The standard InChI is InChI=1S/C16H16BrF2N/c1-9-4-6-11(8-12(9)17)16(20-3)14-13(18)7-5-10(2)15(14)19/h4-8,16,20H,1-3H3. The molecular formula is C16H16BrF2N. The first kappa shape index (κ1) is 15.1. The smallest absolute Gasteiger partial charge is 0.134 e. The highest BCUT2D eigenvalue weighted by Gasteiger charge is 2.22. The second-order valence-electron chi connectivity index (χ2n) is 4.82. The van der Waals surface area contributed by atoms with Crippen LogP contribution in [0, 0.1) is 25.5 Å². The molecule has 1 N–H and O–H groups in total. The van der Waals surface area contributed by atoms with Crippen LogP contribution in [0.5, 0.6) is 0 Å². The molecule has 0 radical (unpaired) electrons. The van der Waals surface area contributed by atoms with E-state index in [1.165, 1.54) is 12.1 Å². The lowest BCUT2D eigenvalue weighted by atomic mass is 9.95. The van der Waals surface area contributed by atoms with Crippen LogP contribution >= 0.6 is 15.9 Å². The second-order valence-corrected chi connectivity index (χ2v) is 5.68. The molecule has 0 heterocycles. The fraction of sp³-hybridized carbons (Fsp3) is 0.250. The molecule has 1 atom stereocenters. The summed E-state index contributed by atoms with van der Waals surface area (Å²) in [5.74, 6) is -1.04. The Bertz CT molecular complexity index is 641. The first-order valence-corrected chi connectivity index (χ1v) is 7.12. The number of nitrogens with one attached hydrogen (secondary N) is 1. The van der Waals surface area contributed by atoms with Crippen LogP contribution in [0.25, 0.3) is 0 Å². The third-order valence-corrected chi connectivity index (χ3v) is 4.28. The molecule has 0 saturated heterocycles. The van der Waals surface area contributed by atoms with E-state index in [0.717, 1.165) is 15.6 Å². The van der Waals surface area contributed by atoms with Crippen LogP contribution < -0.4 is 5.32 Å². The molecule has 2 aromatic carbocycles. The maximum Gasteiger partial charge on any atom is 0.134 e. The van der Waals surface area contributed by atoms with Crippen LogP contribution in [0.4, 0.5) is 8.78 Å². The second kappa shape index (κ2) is 6.02. The third-order valence-electron chi connectivity index (χ3n) is 3.43. The number of rotatable bonds is 3. The van der Waals surface area contributed by atoms with Crippen LogP contribution in [0.1, 0.15) is 28.3 Å². The van der Waals surface area contributed by atoms with Gasteiger partial charge in [0.2, 0.25) is 0 Å². The molecule has 0 spiro atoms. The minimum Gasteiger partial charge on any atom is -0.309 e. The van der Waals surface area contributed by atoms with Crippen molar-refractivity contribution in [3.63, 3.8) is 0 Å². The molecule has 4 heteroatoms. The lowest BCUT2D eigenvalue weighted by Gasteiger charge is -2.20. The van der Waals surface area contributed by atoms with Gasteiger partial charge in [-0.05, 0) is 49.7 Å². The van der Waals surface area contributed by atoms with Crippen LogP contribution in [-0.4, -0.2) is 7.05 Å². The molecule has 0 saturated carbocycles. The van der Waals surface area contributed by atoms with Gasteiger partial charge in [-0.15, -0.1) is 0 Å². The van der Waals surface area contributed by atoms with Gasteiger partial charge >= 0.3 is 0 Å². The van der Waals surface area contributed by atoms with E-state index in [-0.39, 0.29) is 5.56 Å². The third kappa shape index (κ3) is 2.76. The van der Waals surface area contributed by atoms with Crippen molar-refractivity contribution in [2.24, 2.45) is 0 Å². The molecule has 1 unspecified atom stereocenters. The summed E-state index contributed by atoms with van der Waals surface area (Å²) < 4.78 is 29.2. The maximum absolute atomic E-state index is 14.3. The van der Waals surface area contributed by atoms with Gasteiger partial charge in [0.05, 0.1) is 6.04 Å². The summed E-state index contributed by atoms with van der Waals surface area (Å²) in [5, 5.41) is 2.99. The number of hydrogen-bond acceptors (Lipinski definition) is 1. The Morgan fingerprint density at radius 2 is 1.70 bits per heavy atom. The summed E-state index contributed by atoms with van der Waals surface area (Å²) in [6.45, 7) is 3.60. The fourth-order valence-corrected chi connectivity index (χ4v) is 2.61. The normalized spacial score (nSPS) is 12.5. The summed E-state index contributed by atoms with van der Waals surface area (Å²) in [7, 11) is 1.69. The first-order valence-electron chi connectivity index (χ1n) is 6.33. The van der Waals surface area contributed by atoms with Crippen molar-refractivity contribution >= 4 is 15.9 Å². The minimum atomic E-state index is -0.538. The van der Waals surface area contributed by atoms with Gasteiger partial charge < -0.3 is 5.32 Å². The first-order chi connectivity index (χ1) is 9.45. The molecule has 1 nitrogen and oxygen atoms in total. The van der Waals surface area contributed by atoms with Gasteiger partial charge in [0.1, 0.15) is 11.6 Å². The zero-order chi connectivity index (χ0) is 14.9. The summed E-state index contributed by atoms with van der Waals surface area (Å²) in [6.07, 6.45) is 0. The zero-order valence-electron chi connectivity index (χ0n) is 11.6. The van der Waals surface area contributed by atoms with E-state index < -0.39 is 17.7 Å². The summed E-state index contributed by atoms with van der Waals surface area (Å²) in [6, 6.07) is 7.93. The Kier molecular flexibility index (Phi) is 4.55. The highest BCUT2D eigenvalue weighted by atomic mass is 79.9. The van der Waals surface area contributed by atoms with Crippen LogP contribution in [0.3, 0.4) is 0 Å². The van der Waals surface area contributed by atoms with E-state index in [2.05, 4.69) is 21.2 Å². The lowest BCUT2D eigenvalue weighted by Crippen LogP contribution is -2.21. The molecule has 20 heavy (non-hydrogen) atoms. The van der Waals surface area contributed by atoms with Crippen molar-refractivity contribution in [1.82, 2.24) is 5.32 Å². The SMILES string of the molecule is CNC(c1ccc(C)c(Br)c1)c1c(F)ccc(C)c1F. The largest absolute Gasteiger partial charge is 0.309 e. The van der Waals surface area contributed by atoms with Gasteiger partial charge in [-0.25, -0.2) is 8.78 Å². The molecule has 0 aliphatic rings. The van der Waals surface area contributed by atoms with Gasteiger partial charge in [-0.1, -0.05) is 34.1 Å². The Balaban J connectivity index is 2.58. The molecule has 0 aliphatic carbocycles. The molecule has 0 bridgehead atoms. The average Bonchev–Trinajstić information content (AvgIpc) is 2.42. The van der Waals surface area contributed by atoms with E-state index in [1.54, 1.807) is 14.0 Å². The van der Waals surface area contributed by atoms with E-state index in [1.807, 2.05) is 25.1 Å². The molecule has 0 amide bonds.